The second-order valence-corrected chi connectivity index (χ2v) is 6.66. The number of aromatic hydroxyl groups is 1. The number of carboxylic acids is 1. The lowest BCUT2D eigenvalue weighted by atomic mass is 9.93. The van der Waals surface area contributed by atoms with Crippen molar-refractivity contribution in [3.05, 3.63) is 90.5 Å². The molecular formula is C20H18F2N6O4. The van der Waals surface area contributed by atoms with Gasteiger partial charge in [-0.1, -0.05) is 18.2 Å². The molecule has 0 atom stereocenters. The molecule has 0 fully saturated rings. The second kappa shape index (κ2) is 9.75. The standard InChI is InChI=1S/C13H12F2N6O.C7H6O3/c14-10-1-2-11(12(15)3-10)13(22,4-20-8-16-6-18-20)5-21-9-17-7-19-21;8-6-4-2-1-3-5(6)7(9)10/h1-3,6-9,22H,4-5H2;1-4,8H,(H,9,10). The fourth-order valence-electron chi connectivity index (χ4n) is 2.91. The maximum atomic E-state index is 14.1. The first kappa shape index (κ1) is 22.5. The van der Waals surface area contributed by atoms with Crippen LogP contribution in [0.25, 0.3) is 0 Å². The highest BCUT2D eigenvalue weighted by Gasteiger charge is 2.34. The lowest BCUT2D eigenvalue weighted by molar-refractivity contribution is -0.00856. The molecule has 10 nitrogen and oxygen atoms in total. The predicted molar refractivity (Wildman–Crippen MR) is 105 cm³/mol. The second-order valence-electron chi connectivity index (χ2n) is 6.66. The number of hydrogen-bond acceptors (Lipinski definition) is 7. The van der Waals surface area contributed by atoms with Gasteiger partial charge in [-0.3, -0.25) is 0 Å². The summed E-state index contributed by atoms with van der Waals surface area (Å²) in [6, 6.07) is 8.83. The molecule has 3 N–H and O–H groups in total. The summed E-state index contributed by atoms with van der Waals surface area (Å²) >= 11 is 0. The maximum Gasteiger partial charge on any atom is 0.339 e. The van der Waals surface area contributed by atoms with Crippen molar-refractivity contribution < 1.29 is 28.9 Å². The molecule has 166 valence electrons. The number of para-hydroxylation sites is 1. The van der Waals surface area contributed by atoms with Crippen LogP contribution in [0.3, 0.4) is 0 Å². The summed E-state index contributed by atoms with van der Waals surface area (Å²) in [7, 11) is 0. The number of hydrogen-bond donors (Lipinski definition) is 3. The SMILES string of the molecule is O=C(O)c1ccccc1O.OC(Cn1cncn1)(Cn1cncn1)c1ccc(F)cc1F. The zero-order chi connectivity index (χ0) is 23.1. The van der Waals surface area contributed by atoms with Crippen LogP contribution in [-0.2, 0) is 18.7 Å². The molecule has 0 aliphatic rings. The normalized spacial score (nSPS) is 11.0. The van der Waals surface area contributed by atoms with Gasteiger partial charge >= 0.3 is 5.97 Å². The molecule has 4 rings (SSSR count). The van der Waals surface area contributed by atoms with Crippen LogP contribution < -0.4 is 0 Å². The number of aromatic carboxylic acids is 1. The summed E-state index contributed by atoms with van der Waals surface area (Å²) in [6.07, 6.45) is 5.40. The zero-order valence-electron chi connectivity index (χ0n) is 16.5. The van der Waals surface area contributed by atoms with Crippen molar-refractivity contribution in [2.24, 2.45) is 0 Å². The van der Waals surface area contributed by atoms with E-state index < -0.39 is 23.2 Å². The number of aromatic nitrogens is 6. The fourth-order valence-corrected chi connectivity index (χ4v) is 2.91. The lowest BCUT2D eigenvalue weighted by Crippen LogP contribution is -2.37. The third-order valence-electron chi connectivity index (χ3n) is 4.35. The molecule has 12 heteroatoms. The van der Waals surface area contributed by atoms with Crippen LogP contribution in [-0.4, -0.2) is 50.8 Å². The van der Waals surface area contributed by atoms with Crippen LogP contribution in [0.15, 0.2) is 67.8 Å². The highest BCUT2D eigenvalue weighted by molar-refractivity contribution is 5.90. The molecule has 0 saturated heterocycles. The predicted octanol–water partition coefficient (Wildman–Crippen LogP) is 1.83. The Labute approximate surface area is 180 Å². The van der Waals surface area contributed by atoms with Crippen LogP contribution in [0.1, 0.15) is 15.9 Å². The van der Waals surface area contributed by atoms with Crippen molar-refractivity contribution in [2.75, 3.05) is 0 Å². The number of carbonyl (C=O) groups is 1. The van der Waals surface area contributed by atoms with E-state index >= 15 is 0 Å². The smallest absolute Gasteiger partial charge is 0.339 e. The molecule has 0 amide bonds. The van der Waals surface area contributed by atoms with Gasteiger partial charge in [-0.2, -0.15) is 10.2 Å². The number of nitrogens with zero attached hydrogens (tertiary/aromatic N) is 6. The topological polar surface area (TPSA) is 139 Å². The van der Waals surface area contributed by atoms with Gasteiger partial charge in [-0.25, -0.2) is 32.9 Å². The largest absolute Gasteiger partial charge is 0.507 e. The van der Waals surface area contributed by atoms with Crippen LogP contribution in [0.4, 0.5) is 8.78 Å². The van der Waals surface area contributed by atoms with E-state index in [9.17, 15) is 18.7 Å². The van der Waals surface area contributed by atoms with Gasteiger partial charge in [0, 0.05) is 11.6 Å². The van der Waals surface area contributed by atoms with Crippen molar-refractivity contribution in [1.82, 2.24) is 29.5 Å². The molecule has 0 aliphatic heterocycles. The molecular weight excluding hydrogens is 426 g/mol. The highest BCUT2D eigenvalue weighted by Crippen LogP contribution is 2.28. The molecule has 0 unspecified atom stereocenters. The molecule has 0 spiro atoms. The van der Waals surface area contributed by atoms with Crippen molar-refractivity contribution in [1.29, 1.82) is 0 Å². The minimum Gasteiger partial charge on any atom is -0.507 e. The monoisotopic (exact) mass is 444 g/mol. The Kier molecular flexibility index (Phi) is 6.85. The molecule has 32 heavy (non-hydrogen) atoms. The summed E-state index contributed by atoms with van der Waals surface area (Å²) in [4.78, 5) is 17.8. The van der Waals surface area contributed by atoms with Gasteiger partial charge in [0.15, 0.2) is 0 Å². The van der Waals surface area contributed by atoms with Crippen LogP contribution in [0.5, 0.6) is 5.75 Å². The Bertz CT molecular complexity index is 1130. The van der Waals surface area contributed by atoms with Crippen LogP contribution >= 0.6 is 0 Å². The maximum absolute atomic E-state index is 14.1. The molecule has 2 heterocycles. The van der Waals surface area contributed by atoms with E-state index in [0.29, 0.717) is 0 Å². The van der Waals surface area contributed by atoms with Crippen molar-refractivity contribution in [3.8, 4) is 5.75 Å². The van der Waals surface area contributed by atoms with E-state index in [0.717, 1.165) is 12.1 Å². The quantitative estimate of drug-likeness (QED) is 0.409. The molecule has 2 aromatic heterocycles. The summed E-state index contributed by atoms with van der Waals surface area (Å²) in [5.74, 6) is -2.87. The molecule has 0 aliphatic carbocycles. The van der Waals surface area contributed by atoms with E-state index in [1.54, 1.807) is 12.1 Å². The Hall–Kier alpha value is -4.19. The Morgan fingerprint density at radius 2 is 1.56 bits per heavy atom. The van der Waals surface area contributed by atoms with Gasteiger partial charge in [0.1, 0.15) is 53.9 Å². The number of benzene rings is 2. The van der Waals surface area contributed by atoms with Crippen molar-refractivity contribution in [3.63, 3.8) is 0 Å². The first-order valence-corrected chi connectivity index (χ1v) is 9.12. The van der Waals surface area contributed by atoms with Crippen molar-refractivity contribution >= 4 is 5.97 Å². The van der Waals surface area contributed by atoms with Crippen LogP contribution in [0, 0.1) is 11.6 Å². The lowest BCUT2D eigenvalue weighted by Gasteiger charge is -2.28. The molecule has 0 saturated carbocycles. The van der Waals surface area contributed by atoms with E-state index in [-0.39, 0.29) is 30.0 Å². The first-order valence-electron chi connectivity index (χ1n) is 9.12. The molecule has 2 aromatic carbocycles. The van der Waals surface area contributed by atoms with Crippen LogP contribution in [0.2, 0.25) is 0 Å². The zero-order valence-corrected chi connectivity index (χ0v) is 16.5. The number of phenols is 1. The van der Waals surface area contributed by atoms with Gasteiger partial charge in [0.25, 0.3) is 0 Å². The van der Waals surface area contributed by atoms with Crippen molar-refractivity contribution in [2.45, 2.75) is 18.7 Å². The summed E-state index contributed by atoms with van der Waals surface area (Å²) in [6.45, 7) is -0.148. The van der Waals surface area contributed by atoms with E-state index in [4.69, 9.17) is 10.2 Å². The van der Waals surface area contributed by atoms with E-state index in [1.165, 1.54) is 52.9 Å². The Balaban J connectivity index is 0.000000243. The van der Waals surface area contributed by atoms with E-state index in [1.807, 2.05) is 0 Å². The first-order chi connectivity index (χ1) is 15.3. The Morgan fingerprint density at radius 3 is 2.00 bits per heavy atom. The molecule has 0 radical (unpaired) electrons. The molecule has 0 bridgehead atoms. The minimum atomic E-state index is -1.70. The van der Waals surface area contributed by atoms with Gasteiger partial charge in [0.05, 0.1) is 13.1 Å². The average molecular weight is 444 g/mol. The number of halogens is 2. The summed E-state index contributed by atoms with van der Waals surface area (Å²) in [5, 5.41) is 36.1. The third kappa shape index (κ3) is 5.49. The number of aliphatic hydroxyl groups is 1. The van der Waals surface area contributed by atoms with Gasteiger partial charge in [0.2, 0.25) is 0 Å². The summed E-state index contributed by atoms with van der Waals surface area (Å²) in [5.41, 5.74) is -1.82. The number of carboxylic acid groups (broad SMARTS) is 1. The average Bonchev–Trinajstić information content (AvgIpc) is 3.42. The third-order valence-corrected chi connectivity index (χ3v) is 4.35. The number of rotatable bonds is 6. The molecule has 4 aromatic rings. The summed E-state index contributed by atoms with van der Waals surface area (Å²) < 4.78 is 29.9. The highest BCUT2D eigenvalue weighted by atomic mass is 19.1. The van der Waals surface area contributed by atoms with Gasteiger partial charge in [-0.05, 0) is 18.2 Å². The van der Waals surface area contributed by atoms with E-state index in [2.05, 4.69) is 20.2 Å². The fraction of sp³-hybridized carbons (Fsp3) is 0.150. The Morgan fingerprint density at radius 1 is 0.969 bits per heavy atom. The minimum absolute atomic E-state index is 0.0556. The van der Waals surface area contributed by atoms with Gasteiger partial charge in [-0.15, -0.1) is 0 Å². The van der Waals surface area contributed by atoms with Gasteiger partial charge < -0.3 is 15.3 Å².